The van der Waals surface area contributed by atoms with Crippen molar-refractivity contribution in [3.8, 4) is 11.5 Å². The van der Waals surface area contributed by atoms with Crippen LogP contribution in [-0.4, -0.2) is 68.2 Å². The third-order valence-electron chi connectivity index (χ3n) is 6.39. The Labute approximate surface area is 200 Å². The van der Waals surface area contributed by atoms with Crippen LogP contribution in [0.4, 0.5) is 8.78 Å². The van der Waals surface area contributed by atoms with Gasteiger partial charge in [-0.1, -0.05) is 6.07 Å². The number of amides is 2. The summed E-state index contributed by atoms with van der Waals surface area (Å²) < 4.78 is 35.3. The zero-order chi connectivity index (χ0) is 25.0. The van der Waals surface area contributed by atoms with Crippen LogP contribution in [0.2, 0.25) is 0 Å². The van der Waals surface area contributed by atoms with Gasteiger partial charge in [0.15, 0.2) is 11.5 Å². The van der Waals surface area contributed by atoms with Crippen molar-refractivity contribution in [3.63, 3.8) is 0 Å². The summed E-state index contributed by atoms with van der Waals surface area (Å²) in [7, 11) is 0. The van der Waals surface area contributed by atoms with Crippen LogP contribution in [0.1, 0.15) is 48.4 Å². The molecule has 1 aliphatic carbocycles. The van der Waals surface area contributed by atoms with Crippen LogP contribution in [0.15, 0.2) is 36.7 Å². The van der Waals surface area contributed by atoms with E-state index in [1.807, 2.05) is 0 Å². The maximum atomic E-state index is 13.2. The highest BCUT2D eigenvalue weighted by Crippen LogP contribution is 2.45. The van der Waals surface area contributed by atoms with Crippen molar-refractivity contribution in [1.29, 1.82) is 0 Å². The molecule has 2 aliphatic heterocycles. The first-order chi connectivity index (χ1) is 16.5. The van der Waals surface area contributed by atoms with Gasteiger partial charge in [0, 0.05) is 25.7 Å². The van der Waals surface area contributed by atoms with Gasteiger partial charge in [-0.15, -0.1) is 8.78 Å². The summed E-state index contributed by atoms with van der Waals surface area (Å²) in [5.41, 5.74) is -0.572. The second-order valence-electron chi connectivity index (χ2n) is 9.50. The lowest BCUT2D eigenvalue weighted by Gasteiger charge is -2.41. The number of alkyl halides is 2. The van der Waals surface area contributed by atoms with Crippen LogP contribution in [0, 0.1) is 0 Å². The number of aromatic nitrogens is 2. The van der Waals surface area contributed by atoms with Crippen LogP contribution in [0.5, 0.6) is 11.5 Å². The van der Waals surface area contributed by atoms with E-state index in [9.17, 15) is 23.5 Å². The second-order valence-corrected chi connectivity index (χ2v) is 9.50. The molecule has 0 atom stereocenters. The number of benzene rings is 1. The van der Waals surface area contributed by atoms with Gasteiger partial charge < -0.3 is 24.4 Å². The minimum atomic E-state index is -3.70. The maximum Gasteiger partial charge on any atom is 0.586 e. The van der Waals surface area contributed by atoms with E-state index < -0.39 is 17.4 Å². The average molecular weight is 486 g/mol. The first-order valence-electron chi connectivity index (χ1n) is 11.2. The molecule has 2 aromatic rings. The number of aliphatic hydroxyl groups is 1. The molecule has 9 nitrogen and oxygen atoms in total. The molecule has 2 fully saturated rings. The van der Waals surface area contributed by atoms with Gasteiger partial charge in [-0.3, -0.25) is 9.59 Å². The molecule has 0 unspecified atom stereocenters. The fraction of sp³-hybridized carbons (Fsp3) is 0.417. The number of carbonyl (C=O) groups excluding carboxylic acids is 2. The molecule has 1 spiro atoms. The third kappa shape index (κ3) is 4.55. The van der Waals surface area contributed by atoms with Gasteiger partial charge in [-0.2, -0.15) is 0 Å². The Kier molecular flexibility index (Phi) is 5.28. The molecular weight excluding hydrogens is 462 g/mol. The fourth-order valence-electron chi connectivity index (χ4n) is 4.36. The minimum Gasteiger partial charge on any atom is -0.395 e. The molecule has 5 rings (SSSR count). The molecule has 184 valence electrons. The standard InChI is InChI=1S/C24H24F2N4O5/c1-22(2,33)19-12-16(27-14-28-19)21(32)29-9-10-30(23(13-29)7-8-23)20(31)6-4-15-3-5-17-18(11-15)35-24(25,26)34-17/h3-6,11-12,14,33H,7-10,13H2,1-2H3/b6-4+. The normalized spacial score (nSPS) is 19.9. The van der Waals surface area contributed by atoms with Crippen LogP contribution in [-0.2, 0) is 10.4 Å². The van der Waals surface area contributed by atoms with Crippen molar-refractivity contribution in [2.24, 2.45) is 0 Å². The highest BCUT2D eigenvalue weighted by Gasteiger charge is 2.53. The maximum absolute atomic E-state index is 13.2. The van der Waals surface area contributed by atoms with E-state index in [0.717, 1.165) is 12.8 Å². The molecule has 3 aliphatic rings. The van der Waals surface area contributed by atoms with E-state index in [2.05, 4.69) is 19.4 Å². The van der Waals surface area contributed by atoms with Crippen LogP contribution in [0.25, 0.3) is 6.08 Å². The summed E-state index contributed by atoms with van der Waals surface area (Å²) in [6, 6.07) is 5.79. The van der Waals surface area contributed by atoms with E-state index in [1.54, 1.807) is 29.7 Å². The molecule has 1 saturated heterocycles. The summed E-state index contributed by atoms with van der Waals surface area (Å²) >= 11 is 0. The quantitative estimate of drug-likeness (QED) is 0.663. The summed E-state index contributed by atoms with van der Waals surface area (Å²) in [4.78, 5) is 37.6. The fourth-order valence-corrected chi connectivity index (χ4v) is 4.36. The Morgan fingerprint density at radius 2 is 1.86 bits per heavy atom. The molecule has 1 aromatic carbocycles. The molecule has 11 heteroatoms. The first kappa shape index (κ1) is 23.2. The molecule has 3 heterocycles. The van der Waals surface area contributed by atoms with E-state index in [-0.39, 0.29) is 29.0 Å². The third-order valence-corrected chi connectivity index (χ3v) is 6.39. The lowest BCUT2D eigenvalue weighted by molar-refractivity contribution is -0.286. The Bertz CT molecular complexity index is 1220. The number of fused-ring (bicyclic) bond motifs is 1. The van der Waals surface area contributed by atoms with Crippen molar-refractivity contribution < 1.29 is 33.0 Å². The number of nitrogens with zero attached hydrogens (tertiary/aromatic N) is 4. The predicted octanol–water partition coefficient (Wildman–Crippen LogP) is 2.56. The molecule has 0 bridgehead atoms. The van der Waals surface area contributed by atoms with Gasteiger partial charge in [-0.05, 0) is 56.5 Å². The number of hydrogen-bond donors (Lipinski definition) is 1. The summed E-state index contributed by atoms with van der Waals surface area (Å²) in [6.07, 6.45) is 2.04. The van der Waals surface area contributed by atoms with Gasteiger partial charge in [0.25, 0.3) is 5.91 Å². The van der Waals surface area contributed by atoms with Crippen molar-refractivity contribution >= 4 is 17.9 Å². The number of halogens is 2. The Morgan fingerprint density at radius 3 is 2.57 bits per heavy atom. The van der Waals surface area contributed by atoms with E-state index in [4.69, 9.17) is 0 Å². The minimum absolute atomic E-state index is 0.0606. The van der Waals surface area contributed by atoms with Gasteiger partial charge in [0.2, 0.25) is 5.91 Å². The topological polar surface area (TPSA) is 105 Å². The number of carbonyl (C=O) groups is 2. The second kappa shape index (κ2) is 7.98. The molecule has 35 heavy (non-hydrogen) atoms. The summed E-state index contributed by atoms with van der Waals surface area (Å²) in [5, 5.41) is 10.2. The Balaban J connectivity index is 1.26. The predicted molar refractivity (Wildman–Crippen MR) is 119 cm³/mol. The van der Waals surface area contributed by atoms with Crippen LogP contribution in [0.3, 0.4) is 0 Å². The van der Waals surface area contributed by atoms with E-state index >= 15 is 0 Å². The Hall–Kier alpha value is -3.60. The molecular formula is C24H24F2N4O5. The first-order valence-corrected chi connectivity index (χ1v) is 11.2. The van der Waals surface area contributed by atoms with Crippen molar-refractivity contribution in [3.05, 3.63) is 53.6 Å². The smallest absolute Gasteiger partial charge is 0.395 e. The van der Waals surface area contributed by atoms with Gasteiger partial charge >= 0.3 is 6.29 Å². The average Bonchev–Trinajstić information content (AvgIpc) is 3.48. The summed E-state index contributed by atoms with van der Waals surface area (Å²) in [5.74, 6) is -0.643. The molecule has 1 saturated carbocycles. The number of hydrogen-bond acceptors (Lipinski definition) is 7. The highest BCUT2D eigenvalue weighted by atomic mass is 19.3. The molecule has 1 N–H and O–H groups in total. The van der Waals surface area contributed by atoms with Gasteiger partial charge in [-0.25, -0.2) is 9.97 Å². The number of rotatable bonds is 4. The lowest BCUT2D eigenvalue weighted by Crippen LogP contribution is -2.58. The van der Waals surface area contributed by atoms with Crippen LogP contribution < -0.4 is 9.47 Å². The zero-order valence-electron chi connectivity index (χ0n) is 19.2. The van der Waals surface area contributed by atoms with E-state index in [0.29, 0.717) is 30.9 Å². The Morgan fingerprint density at radius 1 is 1.11 bits per heavy atom. The van der Waals surface area contributed by atoms with E-state index in [1.165, 1.54) is 36.7 Å². The molecule has 1 aromatic heterocycles. The number of ether oxygens (including phenoxy) is 2. The zero-order valence-corrected chi connectivity index (χ0v) is 19.2. The number of piperazine rings is 1. The van der Waals surface area contributed by atoms with Gasteiger partial charge in [0.1, 0.15) is 17.6 Å². The van der Waals surface area contributed by atoms with Crippen molar-refractivity contribution in [2.75, 3.05) is 19.6 Å². The van der Waals surface area contributed by atoms with Crippen molar-refractivity contribution in [2.45, 2.75) is 44.1 Å². The monoisotopic (exact) mass is 486 g/mol. The van der Waals surface area contributed by atoms with Crippen LogP contribution >= 0.6 is 0 Å². The lowest BCUT2D eigenvalue weighted by atomic mass is 10.0. The highest BCUT2D eigenvalue weighted by molar-refractivity contribution is 5.94. The molecule has 2 amide bonds. The largest absolute Gasteiger partial charge is 0.586 e. The molecule has 0 radical (unpaired) electrons. The summed E-state index contributed by atoms with van der Waals surface area (Å²) in [6.45, 7) is 4.23. The van der Waals surface area contributed by atoms with Gasteiger partial charge in [0.05, 0.1) is 11.2 Å². The SMILES string of the molecule is CC(C)(O)c1cc(C(=O)N2CCN(C(=O)/C=C/c3ccc4c(c3)OC(F)(F)O4)C3(CC3)C2)ncn1. The van der Waals surface area contributed by atoms with Crippen molar-refractivity contribution in [1.82, 2.24) is 19.8 Å².